The molecule has 1 aromatic rings. The van der Waals surface area contributed by atoms with Crippen molar-refractivity contribution in [1.29, 1.82) is 0 Å². The molecule has 0 bridgehead atoms. The number of hydrogen-bond donors (Lipinski definition) is 0. The van der Waals surface area contributed by atoms with E-state index in [1.807, 2.05) is 12.3 Å². The van der Waals surface area contributed by atoms with Crippen LogP contribution >= 0.6 is 15.9 Å². The van der Waals surface area contributed by atoms with E-state index >= 15 is 0 Å². The van der Waals surface area contributed by atoms with E-state index in [0.717, 1.165) is 55.6 Å². The summed E-state index contributed by atoms with van der Waals surface area (Å²) < 4.78 is 6.53. The Labute approximate surface area is 129 Å². The smallest absolute Gasteiger partial charge is 0.129 e. The molecule has 0 saturated carbocycles. The van der Waals surface area contributed by atoms with Gasteiger partial charge in [0.05, 0.1) is 13.2 Å². The summed E-state index contributed by atoms with van der Waals surface area (Å²) in [4.78, 5) is 9.48. The number of piperidine rings is 1. The van der Waals surface area contributed by atoms with Crippen LogP contribution in [0.5, 0.6) is 0 Å². The zero-order chi connectivity index (χ0) is 13.8. The van der Waals surface area contributed by atoms with E-state index in [-0.39, 0.29) is 0 Å². The van der Waals surface area contributed by atoms with Gasteiger partial charge in [0.15, 0.2) is 0 Å². The highest BCUT2D eigenvalue weighted by atomic mass is 79.9. The highest BCUT2D eigenvalue weighted by molar-refractivity contribution is 9.10. The number of halogens is 1. The summed E-state index contributed by atoms with van der Waals surface area (Å²) in [6.45, 7) is 7.42. The maximum atomic E-state index is 5.43. The third kappa shape index (κ3) is 3.71. The van der Waals surface area contributed by atoms with Crippen LogP contribution in [-0.2, 0) is 4.74 Å². The molecule has 4 nitrogen and oxygen atoms in total. The maximum absolute atomic E-state index is 5.43. The van der Waals surface area contributed by atoms with Gasteiger partial charge in [0.1, 0.15) is 5.82 Å². The molecule has 2 saturated heterocycles. The molecule has 20 heavy (non-hydrogen) atoms. The van der Waals surface area contributed by atoms with Crippen LogP contribution in [-0.4, -0.2) is 55.8 Å². The van der Waals surface area contributed by atoms with Gasteiger partial charge in [0.25, 0.3) is 0 Å². The van der Waals surface area contributed by atoms with Gasteiger partial charge in [0.2, 0.25) is 0 Å². The Morgan fingerprint density at radius 3 is 2.95 bits per heavy atom. The molecular weight excluding hydrogens is 318 g/mol. The molecule has 3 heterocycles. The minimum absolute atomic E-state index is 0.752. The van der Waals surface area contributed by atoms with Crippen molar-refractivity contribution in [2.45, 2.75) is 12.8 Å². The molecule has 0 radical (unpaired) electrons. The summed E-state index contributed by atoms with van der Waals surface area (Å²) in [5.74, 6) is 1.86. The monoisotopic (exact) mass is 339 g/mol. The van der Waals surface area contributed by atoms with Gasteiger partial charge in [-0.25, -0.2) is 4.98 Å². The zero-order valence-electron chi connectivity index (χ0n) is 11.8. The molecule has 2 fully saturated rings. The summed E-state index contributed by atoms with van der Waals surface area (Å²) in [5, 5.41) is 0. The van der Waals surface area contributed by atoms with E-state index in [2.05, 4.69) is 36.8 Å². The summed E-state index contributed by atoms with van der Waals surface area (Å²) in [6, 6.07) is 4.11. The van der Waals surface area contributed by atoms with Crippen molar-refractivity contribution in [2.24, 2.45) is 5.92 Å². The third-order valence-corrected chi connectivity index (χ3v) is 4.66. The van der Waals surface area contributed by atoms with Crippen LogP contribution < -0.4 is 4.90 Å². The number of ether oxygens (including phenoxy) is 1. The molecule has 0 spiro atoms. The molecule has 2 aliphatic rings. The van der Waals surface area contributed by atoms with Crippen LogP contribution in [0.2, 0.25) is 0 Å². The molecule has 0 aromatic carbocycles. The van der Waals surface area contributed by atoms with Crippen LogP contribution in [0.25, 0.3) is 0 Å². The van der Waals surface area contributed by atoms with E-state index in [0.29, 0.717) is 0 Å². The number of aromatic nitrogens is 1. The number of morpholine rings is 1. The first-order valence-corrected chi connectivity index (χ1v) is 8.27. The second-order valence-electron chi connectivity index (χ2n) is 5.70. The molecule has 110 valence electrons. The predicted octanol–water partition coefficient (Wildman–Crippen LogP) is 2.39. The van der Waals surface area contributed by atoms with Gasteiger partial charge in [-0.2, -0.15) is 0 Å². The average molecular weight is 340 g/mol. The van der Waals surface area contributed by atoms with E-state index in [4.69, 9.17) is 4.74 Å². The first-order chi connectivity index (χ1) is 9.81. The van der Waals surface area contributed by atoms with Gasteiger partial charge >= 0.3 is 0 Å². The van der Waals surface area contributed by atoms with Gasteiger partial charge in [-0.3, -0.25) is 4.90 Å². The van der Waals surface area contributed by atoms with Gasteiger partial charge in [-0.05, 0) is 30.9 Å². The highest BCUT2D eigenvalue weighted by Crippen LogP contribution is 2.24. The van der Waals surface area contributed by atoms with Crippen LogP contribution in [0, 0.1) is 5.92 Å². The Morgan fingerprint density at radius 1 is 1.30 bits per heavy atom. The molecule has 1 atom stereocenters. The number of pyridine rings is 1. The Bertz CT molecular complexity index is 437. The number of nitrogens with zero attached hydrogens (tertiary/aromatic N) is 3. The van der Waals surface area contributed by atoms with Crippen LogP contribution in [0.3, 0.4) is 0 Å². The normalized spacial score (nSPS) is 24.9. The lowest BCUT2D eigenvalue weighted by Gasteiger charge is -2.37. The van der Waals surface area contributed by atoms with Crippen molar-refractivity contribution in [2.75, 3.05) is 50.8 Å². The predicted molar refractivity (Wildman–Crippen MR) is 84.1 cm³/mol. The molecule has 0 unspecified atom stereocenters. The minimum atomic E-state index is 0.752. The Balaban J connectivity index is 1.58. The maximum Gasteiger partial charge on any atom is 0.129 e. The Morgan fingerprint density at radius 2 is 2.15 bits per heavy atom. The lowest BCUT2D eigenvalue weighted by atomic mass is 9.97. The SMILES string of the molecule is Brc1ccnc(N2CCC[C@H](CN3CCOCC3)C2)c1. The fourth-order valence-electron chi connectivity index (χ4n) is 3.14. The van der Waals surface area contributed by atoms with Gasteiger partial charge in [0, 0.05) is 43.4 Å². The molecular formula is C15H22BrN3O. The number of hydrogen-bond acceptors (Lipinski definition) is 4. The third-order valence-electron chi connectivity index (χ3n) is 4.17. The average Bonchev–Trinajstić information content (AvgIpc) is 2.49. The van der Waals surface area contributed by atoms with Crippen molar-refractivity contribution in [3.05, 3.63) is 22.8 Å². The van der Waals surface area contributed by atoms with Crippen molar-refractivity contribution >= 4 is 21.7 Å². The van der Waals surface area contributed by atoms with Gasteiger partial charge in [-0.15, -0.1) is 0 Å². The highest BCUT2D eigenvalue weighted by Gasteiger charge is 2.23. The summed E-state index contributed by atoms with van der Waals surface area (Å²) in [7, 11) is 0. The summed E-state index contributed by atoms with van der Waals surface area (Å²) in [5.41, 5.74) is 0. The van der Waals surface area contributed by atoms with E-state index in [1.165, 1.54) is 19.4 Å². The van der Waals surface area contributed by atoms with E-state index in [9.17, 15) is 0 Å². The molecule has 0 amide bonds. The lowest BCUT2D eigenvalue weighted by molar-refractivity contribution is 0.0296. The molecule has 5 heteroatoms. The Kier molecular flexibility index (Phi) is 4.91. The minimum Gasteiger partial charge on any atom is -0.379 e. The van der Waals surface area contributed by atoms with Crippen LogP contribution in [0.15, 0.2) is 22.8 Å². The molecule has 0 N–H and O–H groups in total. The lowest BCUT2D eigenvalue weighted by Crippen LogP contribution is -2.44. The molecule has 1 aromatic heterocycles. The second-order valence-corrected chi connectivity index (χ2v) is 6.62. The van der Waals surface area contributed by atoms with Gasteiger partial charge < -0.3 is 9.64 Å². The van der Waals surface area contributed by atoms with E-state index < -0.39 is 0 Å². The first kappa shape index (κ1) is 14.3. The summed E-state index contributed by atoms with van der Waals surface area (Å²) in [6.07, 6.45) is 4.48. The fraction of sp³-hybridized carbons (Fsp3) is 0.667. The van der Waals surface area contributed by atoms with Crippen molar-refractivity contribution < 1.29 is 4.74 Å². The number of rotatable bonds is 3. The summed E-state index contributed by atoms with van der Waals surface area (Å²) >= 11 is 3.53. The van der Waals surface area contributed by atoms with E-state index in [1.54, 1.807) is 0 Å². The van der Waals surface area contributed by atoms with Crippen LogP contribution in [0.1, 0.15) is 12.8 Å². The second kappa shape index (κ2) is 6.87. The standard InChI is InChI=1S/C15H22BrN3O/c16-14-3-4-17-15(10-14)19-5-1-2-13(12-19)11-18-6-8-20-9-7-18/h3-4,10,13H,1-2,5-9,11-12H2/t13-/m1/s1. The number of anilines is 1. The molecule has 2 aliphatic heterocycles. The Hall–Kier alpha value is -0.650. The first-order valence-electron chi connectivity index (χ1n) is 7.48. The topological polar surface area (TPSA) is 28.6 Å². The quantitative estimate of drug-likeness (QED) is 0.845. The fourth-order valence-corrected chi connectivity index (χ4v) is 3.46. The van der Waals surface area contributed by atoms with Crippen LogP contribution in [0.4, 0.5) is 5.82 Å². The molecule has 3 rings (SSSR count). The molecule has 0 aliphatic carbocycles. The van der Waals surface area contributed by atoms with Gasteiger partial charge in [-0.1, -0.05) is 15.9 Å². The largest absolute Gasteiger partial charge is 0.379 e. The van der Waals surface area contributed by atoms with Crippen molar-refractivity contribution in [3.8, 4) is 0 Å². The van der Waals surface area contributed by atoms with Crippen molar-refractivity contribution in [3.63, 3.8) is 0 Å². The zero-order valence-corrected chi connectivity index (χ0v) is 13.4. The van der Waals surface area contributed by atoms with Crippen molar-refractivity contribution in [1.82, 2.24) is 9.88 Å².